The minimum Gasteiger partial charge on any atom is -0.342 e. The van der Waals surface area contributed by atoms with E-state index in [1.165, 1.54) is 20.2 Å². The molecule has 0 saturated carbocycles. The number of carbonyl (C=O) groups is 1. The monoisotopic (exact) mass is 337 g/mol. The number of hydrogen-bond acceptors (Lipinski definition) is 5. The summed E-state index contributed by atoms with van der Waals surface area (Å²) < 4.78 is 31.0. The van der Waals surface area contributed by atoms with Crippen LogP contribution in [0.1, 0.15) is 31.9 Å². The van der Waals surface area contributed by atoms with E-state index in [2.05, 4.69) is 10.1 Å². The van der Waals surface area contributed by atoms with E-state index >= 15 is 0 Å². The van der Waals surface area contributed by atoms with Crippen molar-refractivity contribution in [2.75, 3.05) is 6.61 Å². The quantitative estimate of drug-likeness (QED) is 0.857. The molecule has 0 N–H and O–H groups in total. The molecule has 1 atom stereocenters. The minimum absolute atomic E-state index is 0.308. The fraction of sp³-hybridized carbons (Fsp3) is 0.438. The van der Waals surface area contributed by atoms with E-state index in [0.29, 0.717) is 18.9 Å². The molecule has 1 aliphatic heterocycles. The third kappa shape index (κ3) is 2.89. The van der Waals surface area contributed by atoms with Gasteiger partial charge in [0.25, 0.3) is 12.3 Å². The van der Waals surface area contributed by atoms with E-state index in [0.717, 1.165) is 16.2 Å². The minimum atomic E-state index is -2.77. The number of hydroxylamine groups is 2. The standard InChI is InChI=1S/C16H17F2N3O3/c1-16(2,14(17)18)15(22)21-12(7-8-24-21)10-3-5-11(6-4-10)13-19-9-23-20-13/h3-6,9,12,14H,7-8H2,1-2H3/t12-/m0/s1. The van der Waals surface area contributed by atoms with Gasteiger partial charge in [0, 0.05) is 12.0 Å². The Balaban J connectivity index is 1.82. The third-order valence-corrected chi connectivity index (χ3v) is 4.12. The lowest BCUT2D eigenvalue weighted by Gasteiger charge is -2.31. The van der Waals surface area contributed by atoms with Gasteiger partial charge in [-0.1, -0.05) is 29.4 Å². The van der Waals surface area contributed by atoms with Gasteiger partial charge < -0.3 is 4.52 Å². The molecule has 3 rings (SSSR count). The van der Waals surface area contributed by atoms with Crippen LogP contribution in [-0.4, -0.2) is 34.1 Å². The molecule has 1 aromatic carbocycles. The molecule has 1 saturated heterocycles. The molecule has 2 aromatic rings. The number of benzene rings is 1. The number of halogens is 2. The summed E-state index contributed by atoms with van der Waals surface area (Å²) in [7, 11) is 0. The molecule has 1 aromatic heterocycles. The Labute approximate surface area is 137 Å². The summed E-state index contributed by atoms with van der Waals surface area (Å²) in [6, 6.07) is 6.80. The van der Waals surface area contributed by atoms with E-state index in [4.69, 9.17) is 9.36 Å². The highest BCUT2D eigenvalue weighted by atomic mass is 19.3. The molecule has 0 radical (unpaired) electrons. The topological polar surface area (TPSA) is 68.5 Å². The lowest BCUT2D eigenvalue weighted by molar-refractivity contribution is -0.194. The molecule has 24 heavy (non-hydrogen) atoms. The Morgan fingerprint density at radius 3 is 2.62 bits per heavy atom. The van der Waals surface area contributed by atoms with Crippen molar-refractivity contribution in [2.45, 2.75) is 32.7 Å². The molecular formula is C16H17F2N3O3. The highest BCUT2D eigenvalue weighted by Gasteiger charge is 2.45. The lowest BCUT2D eigenvalue weighted by Crippen LogP contribution is -2.43. The van der Waals surface area contributed by atoms with Gasteiger partial charge in [-0.25, -0.2) is 13.8 Å². The molecular weight excluding hydrogens is 320 g/mol. The van der Waals surface area contributed by atoms with Gasteiger partial charge in [0.1, 0.15) is 5.41 Å². The molecule has 0 bridgehead atoms. The molecule has 8 heteroatoms. The fourth-order valence-corrected chi connectivity index (χ4v) is 2.50. The molecule has 1 amide bonds. The zero-order valence-corrected chi connectivity index (χ0v) is 13.3. The lowest BCUT2D eigenvalue weighted by atomic mass is 9.91. The van der Waals surface area contributed by atoms with Crippen molar-refractivity contribution in [1.82, 2.24) is 15.2 Å². The molecule has 1 fully saturated rings. The maximum Gasteiger partial charge on any atom is 0.258 e. The van der Waals surface area contributed by atoms with Crippen molar-refractivity contribution in [3.63, 3.8) is 0 Å². The van der Waals surface area contributed by atoms with Crippen LogP contribution in [0.3, 0.4) is 0 Å². The smallest absolute Gasteiger partial charge is 0.258 e. The van der Waals surface area contributed by atoms with E-state index in [1.54, 1.807) is 24.3 Å². The van der Waals surface area contributed by atoms with Gasteiger partial charge in [0.15, 0.2) is 0 Å². The van der Waals surface area contributed by atoms with Crippen molar-refractivity contribution < 1.29 is 22.9 Å². The average Bonchev–Trinajstić information content (AvgIpc) is 3.25. The van der Waals surface area contributed by atoms with E-state index in [9.17, 15) is 13.6 Å². The molecule has 0 unspecified atom stereocenters. The number of hydrogen-bond donors (Lipinski definition) is 0. The number of alkyl halides is 2. The van der Waals surface area contributed by atoms with Crippen LogP contribution in [0.15, 0.2) is 35.2 Å². The van der Waals surface area contributed by atoms with Gasteiger partial charge in [0.05, 0.1) is 12.6 Å². The first-order valence-corrected chi connectivity index (χ1v) is 7.52. The van der Waals surface area contributed by atoms with Crippen LogP contribution in [-0.2, 0) is 9.63 Å². The maximum absolute atomic E-state index is 13.1. The van der Waals surface area contributed by atoms with Gasteiger partial charge in [-0.15, -0.1) is 0 Å². The Morgan fingerprint density at radius 1 is 1.33 bits per heavy atom. The van der Waals surface area contributed by atoms with Crippen LogP contribution in [0.4, 0.5) is 8.78 Å². The second kappa shape index (κ2) is 6.27. The summed E-state index contributed by atoms with van der Waals surface area (Å²) in [5.74, 6) is -0.266. The second-order valence-electron chi connectivity index (χ2n) is 6.17. The maximum atomic E-state index is 13.1. The van der Waals surface area contributed by atoms with Gasteiger partial charge in [-0.2, -0.15) is 4.98 Å². The summed E-state index contributed by atoms with van der Waals surface area (Å²) in [6.07, 6.45) is -0.983. The highest BCUT2D eigenvalue weighted by molar-refractivity contribution is 5.82. The summed E-state index contributed by atoms with van der Waals surface area (Å²) in [4.78, 5) is 21.7. The van der Waals surface area contributed by atoms with E-state index in [1.807, 2.05) is 0 Å². The number of nitrogens with zero attached hydrogens (tertiary/aromatic N) is 3. The van der Waals surface area contributed by atoms with Crippen LogP contribution in [0.5, 0.6) is 0 Å². The van der Waals surface area contributed by atoms with E-state index in [-0.39, 0.29) is 0 Å². The van der Waals surface area contributed by atoms with Gasteiger partial charge in [0.2, 0.25) is 12.2 Å². The van der Waals surface area contributed by atoms with Crippen LogP contribution in [0, 0.1) is 5.41 Å². The predicted molar refractivity (Wildman–Crippen MR) is 79.7 cm³/mol. The van der Waals surface area contributed by atoms with Crippen LogP contribution in [0.2, 0.25) is 0 Å². The molecule has 128 valence electrons. The Kier molecular flexibility index (Phi) is 4.31. The first-order chi connectivity index (χ1) is 11.4. The number of rotatable bonds is 4. The zero-order valence-electron chi connectivity index (χ0n) is 13.3. The molecule has 0 aliphatic carbocycles. The van der Waals surface area contributed by atoms with Crippen molar-refractivity contribution in [3.05, 3.63) is 36.2 Å². The Hall–Kier alpha value is -2.35. The van der Waals surface area contributed by atoms with E-state index < -0.39 is 23.8 Å². The number of aromatic nitrogens is 2. The SMILES string of the molecule is CC(C)(C(=O)N1OCC[C@H]1c1ccc(-c2ncon2)cc1)C(F)F. The molecule has 6 nitrogen and oxygen atoms in total. The molecule has 0 spiro atoms. The van der Waals surface area contributed by atoms with Crippen molar-refractivity contribution in [1.29, 1.82) is 0 Å². The van der Waals surface area contributed by atoms with Gasteiger partial charge in [-0.3, -0.25) is 9.63 Å². The summed E-state index contributed by atoms with van der Waals surface area (Å²) in [5, 5.41) is 4.83. The largest absolute Gasteiger partial charge is 0.342 e. The number of carbonyl (C=O) groups excluding carboxylic acids is 1. The van der Waals surface area contributed by atoms with Gasteiger partial charge in [-0.05, 0) is 19.4 Å². The zero-order chi connectivity index (χ0) is 17.3. The van der Waals surface area contributed by atoms with Crippen LogP contribution < -0.4 is 0 Å². The molecule has 2 heterocycles. The summed E-state index contributed by atoms with van der Waals surface area (Å²) >= 11 is 0. The van der Waals surface area contributed by atoms with Crippen molar-refractivity contribution in [3.8, 4) is 11.4 Å². The van der Waals surface area contributed by atoms with Crippen LogP contribution >= 0.6 is 0 Å². The average molecular weight is 337 g/mol. The van der Waals surface area contributed by atoms with Crippen LogP contribution in [0.25, 0.3) is 11.4 Å². The predicted octanol–water partition coefficient (Wildman–Crippen LogP) is 3.23. The summed E-state index contributed by atoms with van der Waals surface area (Å²) in [6.45, 7) is 2.75. The second-order valence-corrected chi connectivity index (χ2v) is 6.17. The Morgan fingerprint density at radius 2 is 2.04 bits per heavy atom. The van der Waals surface area contributed by atoms with Crippen molar-refractivity contribution in [2.24, 2.45) is 5.41 Å². The first kappa shape index (κ1) is 16.5. The summed E-state index contributed by atoms with van der Waals surface area (Å²) in [5.41, 5.74) is -0.233. The number of amides is 1. The van der Waals surface area contributed by atoms with Crippen molar-refractivity contribution >= 4 is 5.91 Å². The normalized spacial score (nSPS) is 18.4. The Bertz CT molecular complexity index is 702. The third-order valence-electron chi connectivity index (χ3n) is 4.12. The first-order valence-electron chi connectivity index (χ1n) is 7.52. The molecule has 1 aliphatic rings. The highest BCUT2D eigenvalue weighted by Crippen LogP contribution is 2.37. The van der Waals surface area contributed by atoms with Gasteiger partial charge >= 0.3 is 0 Å². The fourth-order valence-electron chi connectivity index (χ4n) is 2.50.